The van der Waals surface area contributed by atoms with Gasteiger partial charge in [0.2, 0.25) is 0 Å². The van der Waals surface area contributed by atoms with Gasteiger partial charge in [0.1, 0.15) is 16.9 Å². The number of benzene rings is 2. The lowest BCUT2D eigenvalue weighted by Gasteiger charge is -2.26. The number of fused-ring (bicyclic) bond motifs is 1. The molecule has 40 heavy (non-hydrogen) atoms. The molecule has 2 aromatic rings. The van der Waals surface area contributed by atoms with Crippen LogP contribution in [-0.4, -0.2) is 39.4 Å². The molecular weight excluding hydrogens is 512 g/mol. The molecule has 1 amide bonds. The Hall–Kier alpha value is -4.40. The minimum Gasteiger partial charge on any atom is -0.481 e. The van der Waals surface area contributed by atoms with Gasteiger partial charge in [-0.05, 0) is 81.8 Å². The van der Waals surface area contributed by atoms with Gasteiger partial charge in [-0.1, -0.05) is 20.8 Å². The van der Waals surface area contributed by atoms with Gasteiger partial charge < -0.3 is 25.6 Å². The van der Waals surface area contributed by atoms with Crippen molar-refractivity contribution < 1.29 is 34.1 Å². The van der Waals surface area contributed by atoms with Crippen LogP contribution in [0.4, 0.5) is 11.4 Å². The van der Waals surface area contributed by atoms with Crippen LogP contribution in [0.2, 0.25) is 0 Å². The molecule has 1 saturated carbocycles. The summed E-state index contributed by atoms with van der Waals surface area (Å²) in [5.41, 5.74) is -1.84. The van der Waals surface area contributed by atoms with E-state index in [1.165, 1.54) is 0 Å². The molecule has 2 aromatic carbocycles. The highest BCUT2D eigenvalue weighted by atomic mass is 16.5. The summed E-state index contributed by atoms with van der Waals surface area (Å²) in [5.74, 6) is -3.63. The number of aliphatic carboxylic acids is 2. The Morgan fingerprint density at radius 3 is 1.82 bits per heavy atom. The fourth-order valence-corrected chi connectivity index (χ4v) is 4.90. The third-order valence-electron chi connectivity index (χ3n) is 6.87. The lowest BCUT2D eigenvalue weighted by Crippen LogP contribution is -2.34. The number of anilines is 2. The van der Waals surface area contributed by atoms with Gasteiger partial charge in [0.05, 0.1) is 5.57 Å². The third kappa shape index (κ3) is 5.64. The van der Waals surface area contributed by atoms with Crippen molar-refractivity contribution in [2.24, 2.45) is 16.7 Å². The number of carbonyl (C=O) groups excluding carboxylic acids is 2. The largest absolute Gasteiger partial charge is 0.481 e. The first kappa shape index (κ1) is 28.6. The van der Waals surface area contributed by atoms with Gasteiger partial charge in [0.15, 0.2) is 5.78 Å². The molecule has 2 atom stereocenters. The van der Waals surface area contributed by atoms with Crippen LogP contribution in [0, 0.1) is 16.7 Å². The van der Waals surface area contributed by atoms with Crippen LogP contribution in [0.15, 0.2) is 71.3 Å². The first-order valence-corrected chi connectivity index (χ1v) is 13.0. The van der Waals surface area contributed by atoms with Crippen molar-refractivity contribution in [2.45, 2.75) is 53.5 Å². The number of hydrogen-bond acceptors (Lipinski definition) is 6. The van der Waals surface area contributed by atoms with Crippen LogP contribution in [0.25, 0.3) is 0 Å². The van der Waals surface area contributed by atoms with Gasteiger partial charge in [-0.2, -0.15) is 0 Å². The maximum atomic E-state index is 13.4. The number of carboxylic acid groups (broad SMARTS) is 2. The maximum absolute atomic E-state index is 13.4. The van der Waals surface area contributed by atoms with Crippen molar-refractivity contribution in [3.8, 4) is 11.5 Å². The molecule has 0 bridgehead atoms. The Balaban J connectivity index is 1.54. The maximum Gasteiger partial charge on any atom is 0.332 e. The van der Waals surface area contributed by atoms with Crippen molar-refractivity contribution in [3.05, 3.63) is 71.3 Å². The summed E-state index contributed by atoms with van der Waals surface area (Å²) >= 11 is 0. The lowest BCUT2D eigenvalue weighted by atomic mass is 9.76. The van der Waals surface area contributed by atoms with E-state index in [2.05, 4.69) is 31.4 Å². The second-order valence-electron chi connectivity index (χ2n) is 12.3. The number of ether oxygens (including phenoxy) is 1. The van der Waals surface area contributed by atoms with E-state index < -0.39 is 40.4 Å². The van der Waals surface area contributed by atoms with E-state index in [4.69, 9.17) is 4.74 Å². The summed E-state index contributed by atoms with van der Waals surface area (Å²) in [6.45, 7) is 11.1. The average molecular weight is 547 g/mol. The molecule has 0 heterocycles. The number of rotatable bonds is 8. The summed E-state index contributed by atoms with van der Waals surface area (Å²) in [4.78, 5) is 50.8. The first-order chi connectivity index (χ1) is 18.5. The summed E-state index contributed by atoms with van der Waals surface area (Å²) in [5, 5.41) is 25.9. The van der Waals surface area contributed by atoms with E-state index in [1.807, 2.05) is 24.3 Å². The molecule has 2 aliphatic carbocycles. The second kappa shape index (κ2) is 9.97. The van der Waals surface area contributed by atoms with Gasteiger partial charge in [0.25, 0.3) is 5.91 Å². The summed E-state index contributed by atoms with van der Waals surface area (Å²) in [6.07, 6.45) is 1.08. The SMILES string of the molecule is CC(C)(C)Nc1ccc(Oc2ccc(NC(=O)C3=CC(C(=O)C(C)(C)C)=C(C(=O)O)C4CC34C(=O)O)cc2)cc1. The normalized spacial score (nSPS) is 20.1. The van der Waals surface area contributed by atoms with E-state index in [0.717, 1.165) is 11.8 Å². The smallest absolute Gasteiger partial charge is 0.332 e. The Kier molecular flexibility index (Phi) is 7.13. The Bertz CT molecular complexity index is 1440. The predicted molar refractivity (Wildman–Crippen MR) is 150 cm³/mol. The van der Waals surface area contributed by atoms with Crippen molar-refractivity contribution in [1.82, 2.24) is 0 Å². The standard InChI is InChI=1S/C31H34N2O7/c1-29(2,3)25(34)21-15-22(31(28(38)39)16-23(31)24(21)27(36)37)26(35)32-17-7-11-19(12-8-17)40-20-13-9-18(10-14-20)33-30(4,5)6/h7-15,23,33H,16H2,1-6H3,(H,32,35)(H,36,37)(H,38,39). The van der Waals surface area contributed by atoms with Crippen molar-refractivity contribution >= 4 is 35.0 Å². The zero-order valence-electron chi connectivity index (χ0n) is 23.4. The van der Waals surface area contributed by atoms with Crippen LogP contribution in [0.3, 0.4) is 0 Å². The fraction of sp³-hybridized carbons (Fsp3) is 0.355. The number of nitrogens with one attached hydrogen (secondary N) is 2. The highest BCUT2D eigenvalue weighted by Gasteiger charge is 2.69. The minimum atomic E-state index is -1.68. The van der Waals surface area contributed by atoms with E-state index >= 15 is 0 Å². The fourth-order valence-electron chi connectivity index (χ4n) is 4.90. The Morgan fingerprint density at radius 2 is 1.38 bits per heavy atom. The quantitative estimate of drug-likeness (QED) is 0.333. The molecule has 2 unspecified atom stereocenters. The summed E-state index contributed by atoms with van der Waals surface area (Å²) < 4.78 is 5.89. The number of allylic oxidation sites excluding steroid dienone is 2. The predicted octanol–water partition coefficient (Wildman–Crippen LogP) is 5.66. The van der Waals surface area contributed by atoms with Gasteiger partial charge in [-0.3, -0.25) is 14.4 Å². The van der Waals surface area contributed by atoms with E-state index in [1.54, 1.807) is 45.0 Å². The van der Waals surface area contributed by atoms with Crippen LogP contribution in [0.1, 0.15) is 48.0 Å². The molecule has 0 aliphatic heterocycles. The molecular formula is C31H34N2O7. The monoisotopic (exact) mass is 546 g/mol. The zero-order valence-corrected chi connectivity index (χ0v) is 23.4. The summed E-state index contributed by atoms with van der Waals surface area (Å²) in [7, 11) is 0. The number of hydrogen-bond donors (Lipinski definition) is 4. The number of Topliss-reactive ketones (excluding diaryl/α,β-unsaturated/α-hetero) is 1. The molecule has 0 radical (unpaired) electrons. The lowest BCUT2D eigenvalue weighted by molar-refractivity contribution is -0.143. The Morgan fingerprint density at radius 1 is 0.850 bits per heavy atom. The first-order valence-electron chi connectivity index (χ1n) is 13.0. The Labute approximate surface area is 232 Å². The van der Waals surface area contributed by atoms with Crippen molar-refractivity contribution in [2.75, 3.05) is 10.6 Å². The van der Waals surface area contributed by atoms with Gasteiger partial charge in [-0.15, -0.1) is 0 Å². The van der Waals surface area contributed by atoms with Crippen LogP contribution in [-0.2, 0) is 19.2 Å². The number of amides is 1. The molecule has 1 fully saturated rings. The topological polar surface area (TPSA) is 142 Å². The molecule has 0 spiro atoms. The van der Waals surface area contributed by atoms with E-state index in [-0.39, 0.29) is 28.7 Å². The minimum absolute atomic E-state index is 0.0685. The number of carbonyl (C=O) groups is 4. The van der Waals surface area contributed by atoms with Gasteiger partial charge >= 0.3 is 11.9 Å². The summed E-state index contributed by atoms with van der Waals surface area (Å²) in [6, 6.07) is 14.1. The third-order valence-corrected chi connectivity index (χ3v) is 6.87. The highest BCUT2D eigenvalue weighted by molar-refractivity contribution is 6.16. The zero-order chi connectivity index (χ0) is 29.6. The van der Waals surface area contributed by atoms with Crippen molar-refractivity contribution in [3.63, 3.8) is 0 Å². The molecule has 2 aliphatic rings. The second-order valence-corrected chi connectivity index (χ2v) is 12.3. The molecule has 4 rings (SSSR count). The molecule has 0 aromatic heterocycles. The number of ketones is 1. The molecule has 0 saturated heterocycles. The molecule has 210 valence electrons. The van der Waals surface area contributed by atoms with Gasteiger partial charge in [0, 0.05) is 39.4 Å². The van der Waals surface area contributed by atoms with E-state index in [0.29, 0.717) is 17.2 Å². The van der Waals surface area contributed by atoms with Crippen LogP contribution < -0.4 is 15.4 Å². The number of carboxylic acids is 2. The molecule has 4 N–H and O–H groups in total. The van der Waals surface area contributed by atoms with Gasteiger partial charge in [-0.25, -0.2) is 4.79 Å². The van der Waals surface area contributed by atoms with Crippen LogP contribution in [0.5, 0.6) is 11.5 Å². The highest BCUT2D eigenvalue weighted by Crippen LogP contribution is 2.64. The van der Waals surface area contributed by atoms with Crippen LogP contribution >= 0.6 is 0 Å². The molecule has 9 heteroatoms. The van der Waals surface area contributed by atoms with E-state index in [9.17, 15) is 29.4 Å². The average Bonchev–Trinajstić information content (AvgIpc) is 3.60. The van der Waals surface area contributed by atoms with Crippen molar-refractivity contribution in [1.29, 1.82) is 0 Å². The molecule has 9 nitrogen and oxygen atoms in total.